The quantitative estimate of drug-likeness (QED) is 0.904. The van der Waals surface area contributed by atoms with Crippen molar-refractivity contribution < 1.29 is 4.74 Å². The predicted molar refractivity (Wildman–Crippen MR) is 87.9 cm³/mol. The van der Waals surface area contributed by atoms with E-state index in [9.17, 15) is 0 Å². The van der Waals surface area contributed by atoms with Gasteiger partial charge in [0.2, 0.25) is 0 Å². The number of aromatic nitrogens is 1. The molecule has 3 nitrogen and oxygen atoms in total. The summed E-state index contributed by atoms with van der Waals surface area (Å²) >= 11 is 6.18. The molecule has 1 aliphatic heterocycles. The Balaban J connectivity index is 1.91. The van der Waals surface area contributed by atoms with E-state index in [4.69, 9.17) is 16.3 Å². The molecule has 1 aromatic carbocycles. The van der Waals surface area contributed by atoms with Crippen LogP contribution in [0.3, 0.4) is 0 Å². The second-order valence-electron chi connectivity index (χ2n) is 5.89. The van der Waals surface area contributed by atoms with Crippen LogP contribution in [-0.2, 0) is 17.8 Å². The Morgan fingerprint density at radius 3 is 2.95 bits per heavy atom. The number of hydrogen-bond donors (Lipinski definition) is 1. The zero-order valence-electron chi connectivity index (χ0n) is 12.7. The molecule has 1 aromatic heterocycles. The van der Waals surface area contributed by atoms with Crippen molar-refractivity contribution in [1.82, 2.24) is 9.88 Å². The summed E-state index contributed by atoms with van der Waals surface area (Å²) in [6.07, 6.45) is 5.26. The summed E-state index contributed by atoms with van der Waals surface area (Å²) in [7, 11) is 0. The highest BCUT2D eigenvalue weighted by Gasteiger charge is 2.23. The number of nitrogens with one attached hydrogen (secondary N) is 1. The Morgan fingerprint density at radius 1 is 1.38 bits per heavy atom. The average Bonchev–Trinajstić information content (AvgIpc) is 3.01. The lowest BCUT2D eigenvalue weighted by atomic mass is 10.2. The molecule has 21 heavy (non-hydrogen) atoms. The SMILES string of the molecule is CCNCc1cn(CC2CCC(C)O2)c2cc(Cl)ccc12. The minimum atomic E-state index is 0.321. The van der Waals surface area contributed by atoms with Crippen molar-refractivity contribution in [2.45, 2.75) is 52.0 Å². The normalized spacial score (nSPS) is 22.2. The van der Waals surface area contributed by atoms with Crippen LogP contribution in [0.1, 0.15) is 32.3 Å². The molecule has 1 fully saturated rings. The smallest absolute Gasteiger partial charge is 0.0758 e. The van der Waals surface area contributed by atoms with E-state index in [-0.39, 0.29) is 0 Å². The molecule has 2 atom stereocenters. The molecule has 2 aromatic rings. The van der Waals surface area contributed by atoms with Gasteiger partial charge in [0.05, 0.1) is 12.2 Å². The molecule has 1 N–H and O–H groups in total. The summed E-state index contributed by atoms with van der Waals surface area (Å²) in [5.74, 6) is 0. The first-order chi connectivity index (χ1) is 10.2. The number of ether oxygens (including phenoxy) is 1. The average molecular weight is 307 g/mol. The van der Waals surface area contributed by atoms with Gasteiger partial charge in [0, 0.05) is 35.2 Å². The third-order valence-electron chi connectivity index (χ3n) is 4.21. The molecule has 3 rings (SSSR count). The summed E-state index contributed by atoms with van der Waals surface area (Å²) in [6.45, 7) is 7.06. The van der Waals surface area contributed by atoms with Crippen LogP contribution in [0, 0.1) is 0 Å². The summed E-state index contributed by atoms with van der Waals surface area (Å²) in [5, 5.41) is 5.48. The van der Waals surface area contributed by atoms with Crippen molar-refractivity contribution in [2.24, 2.45) is 0 Å². The van der Waals surface area contributed by atoms with Gasteiger partial charge in [0.15, 0.2) is 0 Å². The standard InChI is InChI=1S/C17H23ClN2O/c1-3-19-9-13-10-20(11-15-6-4-12(2)21-15)17-8-14(18)5-7-16(13)17/h5,7-8,10,12,15,19H,3-4,6,9,11H2,1-2H3. The number of hydrogen-bond acceptors (Lipinski definition) is 2. The molecular formula is C17H23ClN2O. The molecule has 0 radical (unpaired) electrons. The van der Waals surface area contributed by atoms with Crippen LogP contribution in [0.15, 0.2) is 24.4 Å². The van der Waals surface area contributed by atoms with Crippen molar-refractivity contribution in [2.75, 3.05) is 6.54 Å². The molecule has 2 unspecified atom stereocenters. The fraction of sp³-hybridized carbons (Fsp3) is 0.529. The van der Waals surface area contributed by atoms with E-state index in [2.05, 4.69) is 42.1 Å². The van der Waals surface area contributed by atoms with Gasteiger partial charge in [0.1, 0.15) is 0 Å². The highest BCUT2D eigenvalue weighted by atomic mass is 35.5. The van der Waals surface area contributed by atoms with Crippen molar-refractivity contribution in [3.63, 3.8) is 0 Å². The van der Waals surface area contributed by atoms with Gasteiger partial charge >= 0.3 is 0 Å². The molecule has 114 valence electrons. The zero-order valence-corrected chi connectivity index (χ0v) is 13.5. The van der Waals surface area contributed by atoms with Crippen LogP contribution >= 0.6 is 11.6 Å². The molecule has 4 heteroatoms. The van der Waals surface area contributed by atoms with Crippen LogP contribution in [0.5, 0.6) is 0 Å². The van der Waals surface area contributed by atoms with Crippen LogP contribution < -0.4 is 5.32 Å². The lowest BCUT2D eigenvalue weighted by Crippen LogP contribution is -2.16. The minimum absolute atomic E-state index is 0.321. The van der Waals surface area contributed by atoms with E-state index in [1.165, 1.54) is 16.5 Å². The fourth-order valence-corrected chi connectivity index (χ4v) is 3.30. The van der Waals surface area contributed by atoms with Crippen LogP contribution in [0.2, 0.25) is 5.02 Å². The molecule has 1 saturated heterocycles. The second kappa shape index (κ2) is 6.39. The Morgan fingerprint density at radius 2 is 2.24 bits per heavy atom. The molecule has 0 amide bonds. The topological polar surface area (TPSA) is 26.2 Å². The Labute approximate surface area is 131 Å². The number of benzene rings is 1. The van der Waals surface area contributed by atoms with Gasteiger partial charge in [-0.25, -0.2) is 0 Å². The highest BCUT2D eigenvalue weighted by Crippen LogP contribution is 2.27. The molecule has 0 aliphatic carbocycles. The van der Waals surface area contributed by atoms with E-state index in [1.807, 2.05) is 6.07 Å². The van der Waals surface area contributed by atoms with Crippen molar-refractivity contribution in [3.05, 3.63) is 35.0 Å². The summed E-state index contributed by atoms with van der Waals surface area (Å²) in [5.41, 5.74) is 2.54. The second-order valence-corrected chi connectivity index (χ2v) is 6.33. The van der Waals surface area contributed by atoms with Crippen LogP contribution in [-0.4, -0.2) is 23.3 Å². The zero-order chi connectivity index (χ0) is 14.8. The monoisotopic (exact) mass is 306 g/mol. The minimum Gasteiger partial charge on any atom is -0.373 e. The molecular weight excluding hydrogens is 284 g/mol. The summed E-state index contributed by atoms with van der Waals surface area (Å²) in [4.78, 5) is 0. The maximum atomic E-state index is 6.18. The van der Waals surface area contributed by atoms with Gasteiger partial charge in [-0.3, -0.25) is 0 Å². The fourth-order valence-electron chi connectivity index (χ4n) is 3.13. The van der Waals surface area contributed by atoms with Gasteiger partial charge in [-0.2, -0.15) is 0 Å². The van der Waals surface area contributed by atoms with Gasteiger partial charge < -0.3 is 14.6 Å². The summed E-state index contributed by atoms with van der Waals surface area (Å²) < 4.78 is 8.27. The van der Waals surface area contributed by atoms with Crippen molar-refractivity contribution >= 4 is 22.5 Å². The third-order valence-corrected chi connectivity index (χ3v) is 4.45. The van der Waals surface area contributed by atoms with E-state index < -0.39 is 0 Å². The number of halogens is 1. The highest BCUT2D eigenvalue weighted by molar-refractivity contribution is 6.31. The molecule has 0 saturated carbocycles. The van der Waals surface area contributed by atoms with Gasteiger partial charge in [-0.1, -0.05) is 24.6 Å². The number of fused-ring (bicyclic) bond motifs is 1. The summed E-state index contributed by atoms with van der Waals surface area (Å²) in [6, 6.07) is 6.15. The van der Waals surface area contributed by atoms with Crippen LogP contribution in [0.25, 0.3) is 10.9 Å². The largest absolute Gasteiger partial charge is 0.373 e. The van der Waals surface area contributed by atoms with Gasteiger partial charge in [-0.05, 0) is 44.0 Å². The maximum Gasteiger partial charge on any atom is 0.0758 e. The molecule has 0 spiro atoms. The Hall–Kier alpha value is -1.03. The Kier molecular flexibility index (Phi) is 4.53. The van der Waals surface area contributed by atoms with Gasteiger partial charge in [-0.15, -0.1) is 0 Å². The Bertz CT molecular complexity index is 623. The first-order valence-corrected chi connectivity index (χ1v) is 8.18. The number of nitrogens with zero attached hydrogens (tertiary/aromatic N) is 1. The first kappa shape index (κ1) is 14.9. The number of rotatable bonds is 5. The third kappa shape index (κ3) is 3.25. The first-order valence-electron chi connectivity index (χ1n) is 7.80. The van der Waals surface area contributed by atoms with Gasteiger partial charge in [0.25, 0.3) is 0 Å². The van der Waals surface area contributed by atoms with E-state index >= 15 is 0 Å². The predicted octanol–water partition coefficient (Wildman–Crippen LogP) is 3.97. The molecule has 2 heterocycles. The van der Waals surface area contributed by atoms with Crippen LogP contribution in [0.4, 0.5) is 0 Å². The lowest BCUT2D eigenvalue weighted by Gasteiger charge is -2.13. The lowest BCUT2D eigenvalue weighted by molar-refractivity contribution is 0.0465. The van der Waals surface area contributed by atoms with E-state index in [1.54, 1.807) is 0 Å². The van der Waals surface area contributed by atoms with Crippen molar-refractivity contribution in [3.8, 4) is 0 Å². The maximum absolute atomic E-state index is 6.18. The molecule has 0 bridgehead atoms. The van der Waals surface area contributed by atoms with E-state index in [0.29, 0.717) is 12.2 Å². The van der Waals surface area contributed by atoms with E-state index in [0.717, 1.165) is 37.5 Å². The molecule has 1 aliphatic rings. The van der Waals surface area contributed by atoms with Crippen molar-refractivity contribution in [1.29, 1.82) is 0 Å².